The lowest BCUT2D eigenvalue weighted by Gasteiger charge is -2.15. The van der Waals surface area contributed by atoms with Gasteiger partial charge in [-0.25, -0.2) is 15.4 Å². The maximum absolute atomic E-state index is 11.6. The number of nitro groups is 2. The smallest absolute Gasteiger partial charge is 0.427 e. The Morgan fingerprint density at radius 3 is 2.50 bits per heavy atom. The number of aryl methyl sites for hydroxylation is 1. The number of benzene rings is 1. The van der Waals surface area contributed by atoms with E-state index in [-0.39, 0.29) is 27.9 Å². The Labute approximate surface area is 131 Å². The van der Waals surface area contributed by atoms with Crippen molar-refractivity contribution in [2.24, 2.45) is 5.84 Å². The van der Waals surface area contributed by atoms with Crippen molar-refractivity contribution in [3.05, 3.63) is 42.3 Å². The van der Waals surface area contributed by atoms with Crippen molar-refractivity contribution in [3.63, 3.8) is 0 Å². The highest BCUT2D eigenvalue weighted by atomic mass is 16.6. The molecule has 0 fully saturated rings. The van der Waals surface area contributed by atoms with Gasteiger partial charge in [-0.15, -0.1) is 0 Å². The van der Waals surface area contributed by atoms with Crippen molar-refractivity contribution in [2.45, 2.75) is 13.3 Å². The fraction of sp³-hybridized carbons (Fsp3) is 0.182. The number of hydrogen-bond donors (Lipinski definition) is 3. The van der Waals surface area contributed by atoms with Crippen LogP contribution < -0.4 is 16.5 Å². The third-order valence-electron chi connectivity index (χ3n) is 3.22. The van der Waals surface area contributed by atoms with Crippen LogP contribution in [0.1, 0.15) is 12.5 Å². The average Bonchev–Trinajstić information content (AvgIpc) is 2.50. The van der Waals surface area contributed by atoms with E-state index in [1.165, 1.54) is 6.92 Å². The van der Waals surface area contributed by atoms with Crippen LogP contribution in [0.15, 0.2) is 10.9 Å². The van der Waals surface area contributed by atoms with Gasteiger partial charge < -0.3 is 10.1 Å². The van der Waals surface area contributed by atoms with Crippen LogP contribution in [0, 0.1) is 20.2 Å². The van der Waals surface area contributed by atoms with Gasteiger partial charge in [0.15, 0.2) is 5.82 Å². The molecule has 13 heteroatoms. The molecule has 1 heterocycles. The van der Waals surface area contributed by atoms with E-state index in [1.54, 1.807) is 0 Å². The average molecular weight is 338 g/mol. The van der Waals surface area contributed by atoms with E-state index in [9.17, 15) is 29.8 Å². The number of nitrogens with two attached hydrogens (primary N) is 1. The maximum Gasteiger partial charge on any atom is 0.427 e. The third kappa shape index (κ3) is 2.58. The summed E-state index contributed by atoms with van der Waals surface area (Å²) >= 11 is 0. The van der Waals surface area contributed by atoms with Gasteiger partial charge >= 0.3 is 23.2 Å². The number of hydrazine groups is 1. The fourth-order valence-electron chi connectivity index (χ4n) is 2.31. The Balaban J connectivity index is 3.10. The molecule has 24 heavy (non-hydrogen) atoms. The lowest BCUT2D eigenvalue weighted by Crippen LogP contribution is -2.38. The molecule has 126 valence electrons. The van der Waals surface area contributed by atoms with Crippen LogP contribution in [0.25, 0.3) is 10.9 Å². The predicted octanol–water partition coefficient (Wildman–Crippen LogP) is 0.660. The molecule has 0 aliphatic carbocycles. The van der Waals surface area contributed by atoms with E-state index < -0.39 is 38.8 Å². The lowest BCUT2D eigenvalue weighted by atomic mass is 10.0. The molecule has 0 radical (unpaired) electrons. The van der Waals surface area contributed by atoms with Gasteiger partial charge in [0, 0.05) is 6.07 Å². The number of hydrogen-bond acceptors (Lipinski definition) is 8. The Morgan fingerprint density at radius 2 is 2.04 bits per heavy atom. The lowest BCUT2D eigenvalue weighted by molar-refractivity contribution is -0.422. The first-order valence-electron chi connectivity index (χ1n) is 6.35. The molecule has 0 atom stereocenters. The Kier molecular flexibility index (Phi) is 4.11. The molecule has 0 spiro atoms. The highest BCUT2D eigenvalue weighted by Gasteiger charge is 2.33. The summed E-state index contributed by atoms with van der Waals surface area (Å²) in [5.74, 6) is 4.78. The first-order valence-corrected chi connectivity index (χ1v) is 6.35. The number of rotatable bonds is 4. The molecule has 1 aromatic carbocycles. The summed E-state index contributed by atoms with van der Waals surface area (Å²) in [5.41, 5.74) is -3.02. The van der Waals surface area contributed by atoms with Crippen LogP contribution in [0.5, 0.6) is 0 Å². The van der Waals surface area contributed by atoms with Crippen molar-refractivity contribution in [3.8, 4) is 0 Å². The largest absolute Gasteiger partial charge is 0.464 e. The van der Waals surface area contributed by atoms with Gasteiger partial charge in [0.1, 0.15) is 0 Å². The van der Waals surface area contributed by atoms with Gasteiger partial charge in [-0.1, -0.05) is 6.92 Å². The van der Waals surface area contributed by atoms with Crippen molar-refractivity contribution in [1.82, 2.24) is 9.97 Å². The molecule has 0 saturated heterocycles. The molecular weight excluding hydrogens is 328 g/mol. The zero-order valence-corrected chi connectivity index (χ0v) is 12.0. The summed E-state index contributed by atoms with van der Waals surface area (Å²) in [6.07, 6.45) is -1.74. The second-order valence-corrected chi connectivity index (χ2v) is 4.53. The number of nitrogens with zero attached hydrogens (tertiary/aromatic N) is 4. The second kappa shape index (κ2) is 5.88. The molecule has 0 aliphatic heterocycles. The molecule has 2 aromatic rings. The highest BCUT2D eigenvalue weighted by molar-refractivity contribution is 6.01. The first-order chi connectivity index (χ1) is 11.2. The summed E-state index contributed by atoms with van der Waals surface area (Å²) in [6.45, 7) is 1.47. The number of nitrogens with one attached hydrogen (secondary N) is 1. The number of H-pyrrole nitrogens is 1. The van der Waals surface area contributed by atoms with Crippen molar-refractivity contribution in [1.29, 1.82) is 0 Å². The van der Waals surface area contributed by atoms with Gasteiger partial charge in [-0.05, 0) is 6.42 Å². The monoisotopic (exact) mass is 338 g/mol. The van der Waals surface area contributed by atoms with Crippen LogP contribution in [0.4, 0.5) is 22.0 Å². The molecule has 0 saturated carbocycles. The predicted molar refractivity (Wildman–Crippen MR) is 79.7 cm³/mol. The van der Waals surface area contributed by atoms with E-state index in [2.05, 4.69) is 9.97 Å². The van der Waals surface area contributed by atoms with E-state index in [0.29, 0.717) is 0 Å². The first kappa shape index (κ1) is 16.8. The zero-order chi connectivity index (χ0) is 18.2. The van der Waals surface area contributed by atoms with Gasteiger partial charge in [0.25, 0.3) is 0 Å². The molecule has 0 unspecified atom stereocenters. The number of amides is 1. The Morgan fingerprint density at radius 1 is 1.42 bits per heavy atom. The Bertz CT molecular complexity index is 937. The number of aromatic nitrogens is 2. The van der Waals surface area contributed by atoms with Crippen molar-refractivity contribution in [2.75, 3.05) is 5.01 Å². The fourth-order valence-corrected chi connectivity index (χ4v) is 2.31. The van der Waals surface area contributed by atoms with Gasteiger partial charge in [0.05, 0.1) is 26.3 Å². The number of aromatic amines is 1. The highest BCUT2D eigenvalue weighted by Crippen LogP contribution is 2.39. The van der Waals surface area contributed by atoms with Crippen LogP contribution in [0.2, 0.25) is 0 Å². The van der Waals surface area contributed by atoms with Crippen molar-refractivity contribution >= 4 is 34.2 Å². The van der Waals surface area contributed by atoms with E-state index in [1.807, 2.05) is 0 Å². The summed E-state index contributed by atoms with van der Waals surface area (Å²) in [7, 11) is 0. The molecule has 1 amide bonds. The molecule has 0 bridgehead atoms. The zero-order valence-electron chi connectivity index (χ0n) is 12.0. The third-order valence-corrected chi connectivity index (χ3v) is 3.22. The molecule has 13 nitrogen and oxygen atoms in total. The van der Waals surface area contributed by atoms with E-state index in [4.69, 9.17) is 10.9 Å². The van der Waals surface area contributed by atoms with E-state index >= 15 is 0 Å². The number of fused-ring (bicyclic) bond motifs is 1. The van der Waals surface area contributed by atoms with Crippen LogP contribution in [-0.2, 0) is 6.42 Å². The summed E-state index contributed by atoms with van der Waals surface area (Å²) < 4.78 is 0. The van der Waals surface area contributed by atoms with E-state index in [0.717, 1.165) is 6.07 Å². The normalized spacial score (nSPS) is 10.6. The molecule has 0 aliphatic rings. The molecule has 4 N–H and O–H groups in total. The van der Waals surface area contributed by atoms with Crippen LogP contribution in [-0.4, -0.2) is 31.0 Å². The topological polar surface area (TPSA) is 199 Å². The maximum atomic E-state index is 11.6. The molecule has 2 rings (SSSR count). The minimum atomic E-state index is -1.67. The van der Waals surface area contributed by atoms with Crippen LogP contribution in [0.3, 0.4) is 0 Å². The number of carbonyl (C=O) groups is 1. The number of nitro benzene ring substituents is 2. The van der Waals surface area contributed by atoms with Crippen LogP contribution >= 0.6 is 0 Å². The van der Waals surface area contributed by atoms with Crippen molar-refractivity contribution < 1.29 is 19.7 Å². The minimum Gasteiger partial charge on any atom is -0.464 e. The van der Waals surface area contributed by atoms with Gasteiger partial charge in [0.2, 0.25) is 0 Å². The number of carboxylic acid groups (broad SMARTS) is 1. The Hall–Kier alpha value is -3.61. The molecule has 1 aromatic heterocycles. The summed E-state index contributed by atoms with van der Waals surface area (Å²) in [4.78, 5) is 48.7. The summed E-state index contributed by atoms with van der Waals surface area (Å²) in [6, 6.07) is 0.773. The van der Waals surface area contributed by atoms with Gasteiger partial charge in [-0.2, -0.15) is 9.99 Å². The van der Waals surface area contributed by atoms with Gasteiger partial charge in [-0.3, -0.25) is 20.2 Å². The SMILES string of the molecule is CCc1c([N+](=O)[O-])c([N+](=O)[O-])cc2[nH]c(=O)nc(N(N)C(=O)O)c12. The standard InChI is InChI=1S/C11H10N6O7/c1-2-4-7-5(3-6(16(21)22)8(4)17(23)24)13-10(18)14-9(7)15(12)11(19)20/h3H,2,12H2,1H3,(H,19,20)(H,13,14,18). The second-order valence-electron chi connectivity index (χ2n) is 4.53. The summed E-state index contributed by atoms with van der Waals surface area (Å²) in [5, 5.41) is 31.3. The number of anilines is 1. The quantitative estimate of drug-likeness (QED) is 0.310. The molecular formula is C11H10N6O7. The minimum absolute atomic E-state index is 0.0668.